The molecule has 3 nitrogen and oxygen atoms in total. The van der Waals surface area contributed by atoms with Gasteiger partial charge in [-0.1, -0.05) is 35.2 Å². The van der Waals surface area contributed by atoms with Crippen molar-refractivity contribution >= 4 is 21.6 Å². The Kier molecular flexibility index (Phi) is 4.75. The van der Waals surface area contributed by atoms with E-state index in [0.717, 1.165) is 22.5 Å². The van der Waals surface area contributed by atoms with E-state index < -0.39 is 0 Å². The molecule has 4 heteroatoms. The lowest BCUT2D eigenvalue weighted by atomic mass is 9.83. The highest BCUT2D eigenvalue weighted by Gasteiger charge is 2.40. The molecular weight excluding hydrogens is 330 g/mol. The van der Waals surface area contributed by atoms with Crippen LogP contribution in [0.4, 0.5) is 5.69 Å². The van der Waals surface area contributed by atoms with E-state index >= 15 is 0 Å². The van der Waals surface area contributed by atoms with Crippen LogP contribution in [0, 0.1) is 0 Å². The van der Waals surface area contributed by atoms with E-state index in [-0.39, 0.29) is 5.60 Å². The van der Waals surface area contributed by atoms with Crippen LogP contribution in [0.1, 0.15) is 44.9 Å². The van der Waals surface area contributed by atoms with Crippen LogP contribution in [0.2, 0.25) is 0 Å². The van der Waals surface area contributed by atoms with Crippen LogP contribution in [-0.2, 0) is 4.74 Å². The lowest BCUT2D eigenvalue weighted by Crippen LogP contribution is -2.33. The summed E-state index contributed by atoms with van der Waals surface area (Å²) in [4.78, 5) is 0. The zero-order valence-corrected chi connectivity index (χ0v) is 14.2. The van der Waals surface area contributed by atoms with Crippen LogP contribution in [-0.4, -0.2) is 25.4 Å². The minimum atomic E-state index is 0.200. The first-order chi connectivity index (χ1) is 10.2. The van der Waals surface area contributed by atoms with Gasteiger partial charge in [-0.3, -0.25) is 0 Å². The van der Waals surface area contributed by atoms with Crippen LogP contribution in [0.3, 0.4) is 0 Å². The smallest absolute Gasteiger partial charge is 0.142 e. The average Bonchev–Trinajstić information content (AvgIpc) is 2.89. The SMILES string of the molecule is COc1ccc(Br)cc1NCC1CCC2(CCCCC2)O1. The Morgan fingerprint density at radius 1 is 1.29 bits per heavy atom. The molecule has 3 rings (SSSR count). The zero-order valence-electron chi connectivity index (χ0n) is 12.7. The van der Waals surface area contributed by atoms with Crippen molar-refractivity contribution in [3.63, 3.8) is 0 Å². The standard InChI is InChI=1S/C17H24BrNO2/c1-20-16-6-5-13(18)11-15(16)19-12-14-7-10-17(21-14)8-3-2-4-9-17/h5-6,11,14,19H,2-4,7-10,12H2,1H3. The molecule has 1 saturated heterocycles. The zero-order chi connectivity index (χ0) is 14.7. The fourth-order valence-electron chi connectivity index (χ4n) is 3.65. The summed E-state index contributed by atoms with van der Waals surface area (Å²) in [5, 5.41) is 3.49. The maximum Gasteiger partial charge on any atom is 0.142 e. The summed E-state index contributed by atoms with van der Waals surface area (Å²) >= 11 is 3.51. The van der Waals surface area contributed by atoms with Crippen molar-refractivity contribution in [1.82, 2.24) is 0 Å². The second-order valence-corrected chi connectivity index (χ2v) is 7.16. The van der Waals surface area contributed by atoms with Crippen molar-refractivity contribution in [3.8, 4) is 5.75 Å². The van der Waals surface area contributed by atoms with Gasteiger partial charge in [0.05, 0.1) is 24.5 Å². The molecule has 2 aliphatic rings. The quantitative estimate of drug-likeness (QED) is 0.846. The van der Waals surface area contributed by atoms with Crippen molar-refractivity contribution in [2.45, 2.75) is 56.7 Å². The van der Waals surface area contributed by atoms with Gasteiger partial charge in [-0.2, -0.15) is 0 Å². The molecule has 0 radical (unpaired) electrons. The number of hydrogen-bond acceptors (Lipinski definition) is 3. The third-order valence-corrected chi connectivity index (χ3v) is 5.28. The fraction of sp³-hybridized carbons (Fsp3) is 0.647. The number of anilines is 1. The molecule has 1 heterocycles. The van der Waals surface area contributed by atoms with E-state index in [9.17, 15) is 0 Å². The van der Waals surface area contributed by atoms with Gasteiger partial charge in [-0.15, -0.1) is 0 Å². The molecule has 0 amide bonds. The minimum absolute atomic E-state index is 0.200. The summed E-state index contributed by atoms with van der Waals surface area (Å²) in [6.07, 6.45) is 9.28. The molecule has 1 aliphatic carbocycles. The third kappa shape index (κ3) is 3.54. The van der Waals surface area contributed by atoms with Crippen LogP contribution in [0.15, 0.2) is 22.7 Å². The van der Waals surface area contributed by atoms with E-state index in [0.29, 0.717) is 6.10 Å². The fourth-order valence-corrected chi connectivity index (χ4v) is 4.01. The highest BCUT2D eigenvalue weighted by atomic mass is 79.9. The van der Waals surface area contributed by atoms with Crippen LogP contribution >= 0.6 is 15.9 Å². The van der Waals surface area contributed by atoms with Gasteiger partial charge in [0, 0.05) is 11.0 Å². The number of halogens is 1. The van der Waals surface area contributed by atoms with Crippen molar-refractivity contribution in [2.75, 3.05) is 19.0 Å². The summed E-state index contributed by atoms with van der Waals surface area (Å²) in [6, 6.07) is 6.03. The second-order valence-electron chi connectivity index (χ2n) is 6.25. The van der Waals surface area contributed by atoms with Gasteiger partial charge >= 0.3 is 0 Å². The third-order valence-electron chi connectivity index (χ3n) is 4.79. The summed E-state index contributed by atoms with van der Waals surface area (Å²) in [6.45, 7) is 0.856. The molecule has 0 aromatic heterocycles. The molecule has 1 unspecified atom stereocenters. The molecule has 21 heavy (non-hydrogen) atoms. The number of nitrogens with one attached hydrogen (secondary N) is 1. The molecule has 1 saturated carbocycles. The first kappa shape index (κ1) is 15.2. The molecule has 2 fully saturated rings. The van der Waals surface area contributed by atoms with Gasteiger partial charge in [-0.05, 0) is 43.9 Å². The number of methoxy groups -OCH3 is 1. The number of ether oxygens (including phenoxy) is 2. The molecule has 1 N–H and O–H groups in total. The maximum absolute atomic E-state index is 6.40. The summed E-state index contributed by atoms with van der Waals surface area (Å²) in [7, 11) is 1.71. The summed E-state index contributed by atoms with van der Waals surface area (Å²) in [5.74, 6) is 0.878. The summed E-state index contributed by atoms with van der Waals surface area (Å²) in [5.41, 5.74) is 1.23. The Morgan fingerprint density at radius 3 is 2.86 bits per heavy atom. The van der Waals surface area contributed by atoms with Gasteiger partial charge in [0.15, 0.2) is 0 Å². The topological polar surface area (TPSA) is 30.5 Å². The predicted molar refractivity (Wildman–Crippen MR) is 89.1 cm³/mol. The van der Waals surface area contributed by atoms with E-state index in [4.69, 9.17) is 9.47 Å². The molecule has 1 aromatic carbocycles. The van der Waals surface area contributed by atoms with Gasteiger partial charge in [0.25, 0.3) is 0 Å². The normalized spacial score (nSPS) is 24.2. The number of hydrogen-bond donors (Lipinski definition) is 1. The molecule has 0 bridgehead atoms. The van der Waals surface area contributed by atoms with E-state index in [1.54, 1.807) is 7.11 Å². The largest absolute Gasteiger partial charge is 0.495 e. The monoisotopic (exact) mass is 353 g/mol. The van der Waals surface area contributed by atoms with E-state index in [1.807, 2.05) is 12.1 Å². The van der Waals surface area contributed by atoms with Gasteiger partial charge < -0.3 is 14.8 Å². The van der Waals surface area contributed by atoms with Crippen LogP contribution < -0.4 is 10.1 Å². The van der Waals surface area contributed by atoms with Crippen LogP contribution in [0.5, 0.6) is 5.75 Å². The number of benzene rings is 1. The first-order valence-corrected chi connectivity index (χ1v) is 8.75. The van der Waals surface area contributed by atoms with Crippen molar-refractivity contribution < 1.29 is 9.47 Å². The Morgan fingerprint density at radius 2 is 2.10 bits per heavy atom. The summed E-state index contributed by atoms with van der Waals surface area (Å²) < 4.78 is 12.9. The van der Waals surface area contributed by atoms with E-state index in [2.05, 4.69) is 27.3 Å². The van der Waals surface area contributed by atoms with Gasteiger partial charge in [0.1, 0.15) is 5.75 Å². The minimum Gasteiger partial charge on any atom is -0.495 e. The van der Waals surface area contributed by atoms with Crippen molar-refractivity contribution in [1.29, 1.82) is 0 Å². The lowest BCUT2D eigenvalue weighted by molar-refractivity contribution is -0.0588. The van der Waals surface area contributed by atoms with Crippen LogP contribution in [0.25, 0.3) is 0 Å². The Hall–Kier alpha value is -0.740. The molecular formula is C17H24BrNO2. The highest BCUT2D eigenvalue weighted by molar-refractivity contribution is 9.10. The second kappa shape index (κ2) is 6.57. The Balaban J connectivity index is 1.57. The first-order valence-electron chi connectivity index (χ1n) is 7.96. The molecule has 1 spiro atoms. The maximum atomic E-state index is 6.40. The van der Waals surface area contributed by atoms with E-state index in [1.165, 1.54) is 44.9 Å². The molecule has 116 valence electrons. The average molecular weight is 354 g/mol. The Bertz CT molecular complexity index is 486. The van der Waals surface area contributed by atoms with Gasteiger partial charge in [0.2, 0.25) is 0 Å². The molecule has 1 atom stereocenters. The van der Waals surface area contributed by atoms with Crippen molar-refractivity contribution in [2.24, 2.45) is 0 Å². The molecule has 1 aliphatic heterocycles. The highest BCUT2D eigenvalue weighted by Crippen LogP contribution is 2.42. The number of rotatable bonds is 4. The van der Waals surface area contributed by atoms with Gasteiger partial charge in [-0.25, -0.2) is 0 Å². The molecule has 1 aromatic rings. The van der Waals surface area contributed by atoms with Crippen molar-refractivity contribution in [3.05, 3.63) is 22.7 Å². The lowest BCUT2D eigenvalue weighted by Gasteiger charge is -2.33. The Labute approximate surface area is 135 Å². The predicted octanol–water partition coefficient (Wildman–Crippen LogP) is 4.75.